The number of hydrogen-bond donors (Lipinski definition) is 0. The van der Waals surface area contributed by atoms with Gasteiger partial charge in [0, 0.05) is 5.56 Å². The van der Waals surface area contributed by atoms with E-state index in [2.05, 4.69) is 4.74 Å². The van der Waals surface area contributed by atoms with Gasteiger partial charge < -0.3 is 13.9 Å². The van der Waals surface area contributed by atoms with Crippen LogP contribution in [-0.2, 0) is 16.1 Å². The first kappa shape index (κ1) is 22.0. The first-order chi connectivity index (χ1) is 15.7. The van der Waals surface area contributed by atoms with E-state index in [4.69, 9.17) is 9.15 Å². The molecule has 0 bridgehead atoms. The Morgan fingerprint density at radius 1 is 0.879 bits per heavy atom. The summed E-state index contributed by atoms with van der Waals surface area (Å²) in [5, 5.41) is 0. The standard InChI is InChI=1S/C25H21NO7/c1-13-5-6-14(2)20(9-13)26-22(27)18-8-7-16(11-19(18)23(26)28)24(29)32-12-17-10-15(3)21(33-17)25(30)31-4/h5-11H,12H2,1-4H3. The second kappa shape index (κ2) is 8.38. The molecule has 0 N–H and O–H groups in total. The van der Waals surface area contributed by atoms with E-state index in [9.17, 15) is 19.2 Å². The molecule has 2 heterocycles. The van der Waals surface area contributed by atoms with Gasteiger partial charge in [-0.05, 0) is 62.2 Å². The molecule has 0 fully saturated rings. The molecule has 1 aliphatic heterocycles. The molecule has 8 nitrogen and oxygen atoms in total. The minimum atomic E-state index is -0.697. The molecule has 0 saturated carbocycles. The molecule has 1 aromatic heterocycles. The number of carbonyl (C=O) groups is 4. The van der Waals surface area contributed by atoms with E-state index in [1.807, 2.05) is 26.0 Å². The predicted octanol–water partition coefficient (Wildman–Crippen LogP) is 4.15. The van der Waals surface area contributed by atoms with Gasteiger partial charge in [-0.3, -0.25) is 9.59 Å². The van der Waals surface area contributed by atoms with Gasteiger partial charge in [0.25, 0.3) is 11.8 Å². The number of carbonyl (C=O) groups excluding carboxylic acids is 4. The largest absolute Gasteiger partial charge is 0.463 e. The summed E-state index contributed by atoms with van der Waals surface area (Å²) in [5.74, 6) is -1.95. The van der Waals surface area contributed by atoms with Gasteiger partial charge in [0.1, 0.15) is 12.4 Å². The summed E-state index contributed by atoms with van der Waals surface area (Å²) in [6, 6.07) is 11.3. The number of anilines is 1. The summed E-state index contributed by atoms with van der Waals surface area (Å²) in [4.78, 5) is 51.3. The maximum atomic E-state index is 13.1. The molecule has 2 aromatic carbocycles. The van der Waals surface area contributed by atoms with Crippen LogP contribution >= 0.6 is 0 Å². The van der Waals surface area contributed by atoms with E-state index in [0.29, 0.717) is 11.3 Å². The van der Waals surface area contributed by atoms with E-state index in [0.717, 1.165) is 16.0 Å². The normalized spacial score (nSPS) is 12.7. The molecular weight excluding hydrogens is 426 g/mol. The number of hydrogen-bond acceptors (Lipinski definition) is 7. The van der Waals surface area contributed by atoms with E-state index >= 15 is 0 Å². The third-order valence-corrected chi connectivity index (χ3v) is 5.41. The van der Waals surface area contributed by atoms with Crippen molar-refractivity contribution in [1.29, 1.82) is 0 Å². The Hall–Kier alpha value is -4.20. The van der Waals surface area contributed by atoms with Crippen molar-refractivity contribution in [3.8, 4) is 0 Å². The third kappa shape index (κ3) is 3.91. The number of methoxy groups -OCH3 is 1. The number of aryl methyl sites for hydroxylation is 3. The van der Waals surface area contributed by atoms with Crippen LogP contribution in [0.4, 0.5) is 5.69 Å². The summed E-state index contributed by atoms with van der Waals surface area (Å²) in [6.45, 7) is 5.16. The lowest BCUT2D eigenvalue weighted by Crippen LogP contribution is -2.30. The Labute approximate surface area is 189 Å². The van der Waals surface area contributed by atoms with Crippen LogP contribution < -0.4 is 4.90 Å². The van der Waals surface area contributed by atoms with Crippen LogP contribution in [0.2, 0.25) is 0 Å². The summed E-state index contributed by atoms with van der Waals surface area (Å²) in [5.41, 5.74) is 3.25. The van der Waals surface area contributed by atoms with Crippen molar-refractivity contribution in [2.24, 2.45) is 0 Å². The second-order valence-electron chi connectivity index (χ2n) is 7.79. The van der Waals surface area contributed by atoms with Crippen LogP contribution in [0.3, 0.4) is 0 Å². The Kier molecular flexibility index (Phi) is 5.59. The molecular formula is C25H21NO7. The average molecular weight is 447 g/mol. The zero-order valence-corrected chi connectivity index (χ0v) is 18.6. The monoisotopic (exact) mass is 447 g/mol. The molecule has 2 amide bonds. The molecule has 4 rings (SSSR count). The molecule has 168 valence electrons. The Morgan fingerprint density at radius 3 is 2.33 bits per heavy atom. The number of nitrogens with zero attached hydrogens (tertiary/aromatic N) is 1. The highest BCUT2D eigenvalue weighted by Gasteiger charge is 2.38. The molecule has 0 unspecified atom stereocenters. The van der Waals surface area contributed by atoms with Crippen LogP contribution in [0, 0.1) is 20.8 Å². The van der Waals surface area contributed by atoms with E-state index in [-0.39, 0.29) is 34.8 Å². The van der Waals surface area contributed by atoms with Crippen LogP contribution in [0.1, 0.15) is 64.1 Å². The Morgan fingerprint density at radius 2 is 1.61 bits per heavy atom. The third-order valence-electron chi connectivity index (χ3n) is 5.41. The number of benzene rings is 2. The fourth-order valence-corrected chi connectivity index (χ4v) is 3.68. The number of esters is 2. The number of furan rings is 1. The fourth-order valence-electron chi connectivity index (χ4n) is 3.68. The smallest absolute Gasteiger partial charge is 0.374 e. The molecule has 3 aromatic rings. The SMILES string of the molecule is COC(=O)c1oc(COC(=O)c2ccc3c(c2)C(=O)N(c2cc(C)ccc2C)C3=O)cc1C. The van der Waals surface area contributed by atoms with Crippen molar-refractivity contribution in [1.82, 2.24) is 0 Å². The lowest BCUT2D eigenvalue weighted by molar-refractivity contribution is 0.0438. The maximum absolute atomic E-state index is 13.1. The van der Waals surface area contributed by atoms with Gasteiger partial charge in [-0.2, -0.15) is 0 Å². The number of rotatable bonds is 5. The van der Waals surface area contributed by atoms with Gasteiger partial charge in [-0.25, -0.2) is 14.5 Å². The van der Waals surface area contributed by atoms with Crippen molar-refractivity contribution in [2.45, 2.75) is 27.4 Å². The molecule has 8 heteroatoms. The first-order valence-corrected chi connectivity index (χ1v) is 10.2. The Balaban J connectivity index is 1.54. The number of ether oxygens (including phenoxy) is 2. The van der Waals surface area contributed by atoms with Crippen LogP contribution in [0.15, 0.2) is 46.9 Å². The van der Waals surface area contributed by atoms with Gasteiger partial charge in [0.15, 0.2) is 0 Å². The van der Waals surface area contributed by atoms with Crippen LogP contribution in [-0.4, -0.2) is 30.9 Å². The minimum Gasteiger partial charge on any atom is -0.463 e. The van der Waals surface area contributed by atoms with Crippen molar-refractivity contribution in [2.75, 3.05) is 12.0 Å². The predicted molar refractivity (Wildman–Crippen MR) is 117 cm³/mol. The molecule has 0 atom stereocenters. The van der Waals surface area contributed by atoms with Crippen molar-refractivity contribution in [3.63, 3.8) is 0 Å². The summed E-state index contributed by atoms with van der Waals surface area (Å²) in [6.07, 6.45) is 0. The summed E-state index contributed by atoms with van der Waals surface area (Å²) in [7, 11) is 1.24. The lowest BCUT2D eigenvalue weighted by Gasteiger charge is -2.17. The highest BCUT2D eigenvalue weighted by Crippen LogP contribution is 2.32. The van der Waals surface area contributed by atoms with Gasteiger partial charge in [-0.1, -0.05) is 12.1 Å². The van der Waals surface area contributed by atoms with Crippen molar-refractivity contribution in [3.05, 3.63) is 87.4 Å². The molecule has 0 aliphatic carbocycles. The molecule has 1 aliphatic rings. The second-order valence-corrected chi connectivity index (χ2v) is 7.79. The average Bonchev–Trinajstić information content (AvgIpc) is 3.29. The van der Waals surface area contributed by atoms with Gasteiger partial charge in [0.05, 0.1) is 29.5 Å². The Bertz CT molecular complexity index is 1320. The van der Waals surface area contributed by atoms with Crippen molar-refractivity contribution >= 4 is 29.4 Å². The van der Waals surface area contributed by atoms with Crippen molar-refractivity contribution < 1.29 is 33.1 Å². The van der Waals surface area contributed by atoms with Gasteiger partial charge in [-0.15, -0.1) is 0 Å². The van der Waals surface area contributed by atoms with E-state index in [1.165, 1.54) is 25.3 Å². The highest BCUT2D eigenvalue weighted by molar-refractivity contribution is 6.35. The van der Waals surface area contributed by atoms with E-state index in [1.54, 1.807) is 19.1 Å². The van der Waals surface area contributed by atoms with Crippen LogP contribution in [0.25, 0.3) is 0 Å². The van der Waals surface area contributed by atoms with E-state index < -0.39 is 23.8 Å². The minimum absolute atomic E-state index is 0.0386. The zero-order valence-electron chi connectivity index (χ0n) is 18.6. The molecule has 33 heavy (non-hydrogen) atoms. The fraction of sp³-hybridized carbons (Fsp3) is 0.200. The number of fused-ring (bicyclic) bond motifs is 1. The summed E-state index contributed by atoms with van der Waals surface area (Å²) < 4.78 is 15.3. The first-order valence-electron chi connectivity index (χ1n) is 10.2. The van der Waals surface area contributed by atoms with Crippen LogP contribution in [0.5, 0.6) is 0 Å². The molecule has 0 spiro atoms. The van der Waals surface area contributed by atoms with Gasteiger partial charge >= 0.3 is 11.9 Å². The quantitative estimate of drug-likeness (QED) is 0.428. The maximum Gasteiger partial charge on any atom is 0.374 e. The van der Waals surface area contributed by atoms with Gasteiger partial charge in [0.2, 0.25) is 5.76 Å². The topological polar surface area (TPSA) is 103 Å². The highest BCUT2D eigenvalue weighted by atomic mass is 16.6. The zero-order chi connectivity index (χ0) is 23.9. The molecule has 0 saturated heterocycles. The number of imide groups is 1. The molecule has 0 radical (unpaired) electrons. The summed E-state index contributed by atoms with van der Waals surface area (Å²) >= 11 is 0. The lowest BCUT2D eigenvalue weighted by atomic mass is 10.1. The number of amides is 2.